The number of carbonyl (C=O) groups is 4. The Bertz CT molecular complexity index is 1720. The van der Waals surface area contributed by atoms with E-state index >= 15 is 0 Å². The van der Waals surface area contributed by atoms with E-state index < -0.39 is 44.0 Å². The summed E-state index contributed by atoms with van der Waals surface area (Å²) in [6.07, 6.45) is 7.39. The summed E-state index contributed by atoms with van der Waals surface area (Å²) >= 11 is 0. The summed E-state index contributed by atoms with van der Waals surface area (Å²) in [7, 11) is -0.778. The van der Waals surface area contributed by atoms with Gasteiger partial charge >= 0.3 is 7.60 Å². The number of ether oxygens (including phenoxy) is 1. The zero-order chi connectivity index (χ0) is 38.0. The molecule has 2 saturated heterocycles. The minimum atomic E-state index is -4.33. The molecule has 53 heavy (non-hydrogen) atoms. The van der Waals surface area contributed by atoms with Gasteiger partial charge in [-0.25, -0.2) is 4.98 Å². The summed E-state index contributed by atoms with van der Waals surface area (Å²) in [4.78, 5) is 84.1. The number of imidazole rings is 1. The number of carbonyl (C=O) groups excluding carboxylic acids is 4. The Morgan fingerprint density at radius 1 is 0.981 bits per heavy atom. The number of nitrogens with one attached hydrogen (secondary N) is 4. The standard InChI is InChI=1S/C37H50N7O8P/c1-43(2)33(20-26-12-15-29(16-13-26)52-24-53(49,50)51)36(47)41-30-11-7-6-10-28-14-17-32(44(28)37(30)48)35(46)42-31(21-27-22-38-23-40-27)34(45)39-19-18-25-8-4-3-5-9-25/h3-5,8-9,12-13,15-16,22-23,28,30-33H,6-7,10-11,14,17-21,24H2,1-2H3,(H,38,40)(H,39,45)(H,41,47)(H,42,46)(H2,49,50,51)/t28?,30-,31-,32-,33-/m0/s1. The number of nitrogens with zero attached hydrogens (tertiary/aromatic N) is 3. The van der Waals surface area contributed by atoms with E-state index in [4.69, 9.17) is 14.5 Å². The second-order valence-corrected chi connectivity index (χ2v) is 15.6. The van der Waals surface area contributed by atoms with Crippen LogP contribution >= 0.6 is 7.60 Å². The van der Waals surface area contributed by atoms with Gasteiger partial charge in [0.1, 0.15) is 23.9 Å². The molecule has 0 radical (unpaired) electrons. The zero-order valence-corrected chi connectivity index (χ0v) is 31.0. The maximum absolute atomic E-state index is 14.3. The van der Waals surface area contributed by atoms with Gasteiger partial charge in [-0.2, -0.15) is 0 Å². The first kappa shape index (κ1) is 39.6. The van der Waals surface area contributed by atoms with Crippen molar-refractivity contribution in [3.05, 3.63) is 83.9 Å². The van der Waals surface area contributed by atoms with E-state index in [-0.39, 0.29) is 35.9 Å². The van der Waals surface area contributed by atoms with Crippen LogP contribution in [-0.2, 0) is 43.0 Å². The molecule has 0 spiro atoms. The third kappa shape index (κ3) is 11.5. The number of rotatable bonds is 16. The molecule has 15 nitrogen and oxygen atoms in total. The number of aromatic amines is 1. The molecule has 0 aliphatic carbocycles. The highest BCUT2D eigenvalue weighted by atomic mass is 31.2. The van der Waals surface area contributed by atoms with Crippen molar-refractivity contribution in [2.45, 2.75) is 88.0 Å². The van der Waals surface area contributed by atoms with Crippen LogP contribution in [0, 0.1) is 0 Å². The van der Waals surface area contributed by atoms with Crippen molar-refractivity contribution in [2.24, 2.45) is 0 Å². The molecule has 3 heterocycles. The average Bonchev–Trinajstić information content (AvgIpc) is 3.80. The van der Waals surface area contributed by atoms with Crippen molar-refractivity contribution in [1.82, 2.24) is 35.7 Å². The monoisotopic (exact) mass is 751 g/mol. The Hall–Kier alpha value is -4.56. The summed E-state index contributed by atoms with van der Waals surface area (Å²) < 4.78 is 16.3. The molecule has 0 saturated carbocycles. The van der Waals surface area contributed by atoms with E-state index in [1.165, 1.54) is 6.33 Å². The Morgan fingerprint density at radius 3 is 2.40 bits per heavy atom. The van der Waals surface area contributed by atoms with Crippen molar-refractivity contribution in [2.75, 3.05) is 27.0 Å². The van der Waals surface area contributed by atoms with Gasteiger partial charge in [-0.15, -0.1) is 0 Å². The van der Waals surface area contributed by atoms with Gasteiger partial charge in [0.25, 0.3) is 0 Å². The lowest BCUT2D eigenvalue weighted by Gasteiger charge is -2.36. The van der Waals surface area contributed by atoms with Gasteiger partial charge in [-0.3, -0.25) is 28.6 Å². The predicted molar refractivity (Wildman–Crippen MR) is 197 cm³/mol. The van der Waals surface area contributed by atoms with Gasteiger partial charge in [-0.05, 0) is 75.9 Å². The quantitative estimate of drug-likeness (QED) is 0.117. The molecule has 3 aromatic rings. The minimum Gasteiger partial charge on any atom is -0.481 e. The first-order valence-electron chi connectivity index (χ1n) is 18.0. The van der Waals surface area contributed by atoms with Crippen LogP contribution in [0.2, 0.25) is 0 Å². The normalized spacial score (nSPS) is 20.1. The number of H-pyrrole nitrogens is 1. The predicted octanol–water partition coefficient (Wildman–Crippen LogP) is 1.90. The molecule has 5 atom stereocenters. The first-order valence-corrected chi connectivity index (χ1v) is 19.8. The molecule has 16 heteroatoms. The minimum absolute atomic E-state index is 0.153. The van der Waals surface area contributed by atoms with E-state index in [0.29, 0.717) is 44.3 Å². The molecule has 286 valence electrons. The third-order valence-electron chi connectivity index (χ3n) is 9.80. The molecule has 1 aromatic heterocycles. The van der Waals surface area contributed by atoms with Crippen LogP contribution in [0.15, 0.2) is 67.1 Å². The largest absolute Gasteiger partial charge is 0.481 e. The van der Waals surface area contributed by atoms with E-state index in [2.05, 4.69) is 25.9 Å². The maximum atomic E-state index is 14.3. The summed E-state index contributed by atoms with van der Waals surface area (Å²) in [6.45, 7) is 0.392. The molecule has 4 amide bonds. The maximum Gasteiger partial charge on any atom is 0.362 e. The van der Waals surface area contributed by atoms with Gasteiger partial charge in [0.05, 0.1) is 12.4 Å². The molecule has 5 rings (SSSR count). The fourth-order valence-electron chi connectivity index (χ4n) is 7.00. The Kier molecular flexibility index (Phi) is 13.8. The zero-order valence-electron chi connectivity index (χ0n) is 30.1. The van der Waals surface area contributed by atoms with Crippen LogP contribution in [-0.4, -0.2) is 110 Å². The Morgan fingerprint density at radius 2 is 1.72 bits per heavy atom. The lowest BCUT2D eigenvalue weighted by molar-refractivity contribution is -0.145. The molecular formula is C37H50N7O8P. The highest BCUT2D eigenvalue weighted by Crippen LogP contribution is 2.35. The van der Waals surface area contributed by atoms with Gasteiger partial charge in [0.2, 0.25) is 23.6 Å². The summed E-state index contributed by atoms with van der Waals surface area (Å²) in [5.74, 6) is -1.09. The fourth-order valence-corrected chi connectivity index (χ4v) is 7.31. The van der Waals surface area contributed by atoms with Crippen LogP contribution in [0.3, 0.4) is 0 Å². The summed E-state index contributed by atoms with van der Waals surface area (Å²) in [5.41, 5.74) is 2.55. The smallest absolute Gasteiger partial charge is 0.362 e. The third-order valence-corrected chi connectivity index (χ3v) is 10.3. The molecule has 2 aliphatic rings. The van der Waals surface area contributed by atoms with E-state index in [0.717, 1.165) is 30.4 Å². The fraction of sp³-hybridized carbons (Fsp3) is 0.486. The summed E-state index contributed by atoms with van der Waals surface area (Å²) in [6, 6.07) is 13.1. The molecule has 6 N–H and O–H groups in total. The molecular weight excluding hydrogens is 701 g/mol. The van der Waals surface area contributed by atoms with Crippen molar-refractivity contribution in [3.63, 3.8) is 0 Å². The number of amides is 4. The van der Waals surface area contributed by atoms with Crippen molar-refractivity contribution < 1.29 is 38.3 Å². The lowest BCUT2D eigenvalue weighted by Crippen LogP contribution is -2.59. The number of hydrogen-bond donors (Lipinski definition) is 6. The van der Waals surface area contributed by atoms with Crippen molar-refractivity contribution >= 4 is 31.2 Å². The van der Waals surface area contributed by atoms with Crippen LogP contribution in [0.4, 0.5) is 0 Å². The lowest BCUT2D eigenvalue weighted by atomic mass is 9.98. The second kappa shape index (κ2) is 18.5. The molecule has 2 aliphatic heterocycles. The van der Waals surface area contributed by atoms with Gasteiger partial charge < -0.3 is 40.4 Å². The number of likely N-dealkylation sites (N-methyl/N-ethyl adjacent to an activating group) is 1. The Balaban J connectivity index is 1.24. The molecule has 2 fully saturated rings. The molecule has 1 unspecified atom stereocenters. The number of aromatic nitrogens is 2. The molecule has 0 bridgehead atoms. The van der Waals surface area contributed by atoms with E-state index in [9.17, 15) is 23.7 Å². The van der Waals surface area contributed by atoms with Crippen LogP contribution < -0.4 is 20.7 Å². The van der Waals surface area contributed by atoms with Crippen molar-refractivity contribution in [3.8, 4) is 5.75 Å². The van der Waals surface area contributed by atoms with Crippen LogP contribution in [0.25, 0.3) is 0 Å². The highest BCUT2D eigenvalue weighted by molar-refractivity contribution is 7.51. The van der Waals surface area contributed by atoms with E-state index in [1.54, 1.807) is 54.4 Å². The van der Waals surface area contributed by atoms with Gasteiger partial charge in [0.15, 0.2) is 6.35 Å². The van der Waals surface area contributed by atoms with Crippen LogP contribution in [0.1, 0.15) is 55.3 Å². The topological polar surface area (TPSA) is 206 Å². The van der Waals surface area contributed by atoms with E-state index in [1.807, 2.05) is 30.3 Å². The van der Waals surface area contributed by atoms with Gasteiger partial charge in [-0.1, -0.05) is 55.3 Å². The summed E-state index contributed by atoms with van der Waals surface area (Å²) in [5, 5.41) is 8.88. The number of benzene rings is 2. The second-order valence-electron chi connectivity index (χ2n) is 14.0. The Labute approximate surface area is 309 Å². The number of fused-ring (bicyclic) bond motifs is 1. The highest BCUT2D eigenvalue weighted by Gasteiger charge is 2.45. The van der Waals surface area contributed by atoms with Gasteiger partial charge in [0, 0.05) is 30.9 Å². The number of hydrogen-bond acceptors (Lipinski definition) is 8. The van der Waals surface area contributed by atoms with Crippen LogP contribution in [0.5, 0.6) is 5.75 Å². The average molecular weight is 752 g/mol. The SMILES string of the molecule is CN(C)[C@@H](Cc1ccc(OCP(=O)(O)O)cc1)C(=O)N[C@H]1CCCCC2CC[C@@H](C(=O)N[C@@H](Cc3cnc[nH]3)C(=O)NCCc3ccccc3)N2C1=O. The van der Waals surface area contributed by atoms with Crippen molar-refractivity contribution in [1.29, 1.82) is 0 Å². The molecule has 2 aromatic carbocycles. The first-order chi connectivity index (χ1) is 25.4.